The Balaban J connectivity index is 2.69. The second-order valence-corrected chi connectivity index (χ2v) is 5.08. The van der Waals surface area contributed by atoms with E-state index in [-0.39, 0.29) is 12.5 Å². The summed E-state index contributed by atoms with van der Waals surface area (Å²) in [6.07, 6.45) is 4.57. The van der Waals surface area contributed by atoms with Crippen LogP contribution in [0.3, 0.4) is 0 Å². The zero-order valence-corrected chi connectivity index (χ0v) is 13.4. The molecule has 0 aliphatic rings. The molecule has 0 bridgehead atoms. The fourth-order valence-electron chi connectivity index (χ4n) is 2.21. The van der Waals surface area contributed by atoms with Gasteiger partial charge < -0.3 is 14.9 Å². The van der Waals surface area contributed by atoms with Gasteiger partial charge >= 0.3 is 0 Å². The van der Waals surface area contributed by atoms with Crippen molar-refractivity contribution in [1.29, 1.82) is 0 Å². The fraction of sp³-hybridized carbons (Fsp3) is 0.625. The molecule has 1 aromatic rings. The molecule has 0 saturated carbocycles. The molecule has 1 rings (SSSR count). The number of pyridine rings is 1. The van der Waals surface area contributed by atoms with E-state index in [1.807, 2.05) is 33.0 Å². The van der Waals surface area contributed by atoms with Gasteiger partial charge in [-0.05, 0) is 45.2 Å². The van der Waals surface area contributed by atoms with Crippen molar-refractivity contribution in [1.82, 2.24) is 9.88 Å². The first kappa shape index (κ1) is 17.4. The predicted molar refractivity (Wildman–Crippen MR) is 85.7 cm³/mol. The Morgan fingerprint density at radius 2 is 1.95 bits per heavy atom. The van der Waals surface area contributed by atoms with E-state index in [9.17, 15) is 4.79 Å². The van der Waals surface area contributed by atoms with E-state index >= 15 is 0 Å². The van der Waals surface area contributed by atoms with Crippen LogP contribution in [0, 0.1) is 0 Å². The summed E-state index contributed by atoms with van der Waals surface area (Å²) in [5.41, 5.74) is 1.50. The third kappa shape index (κ3) is 5.34. The average molecular weight is 293 g/mol. The first-order chi connectivity index (χ1) is 10.1. The minimum absolute atomic E-state index is 0.0180. The average Bonchev–Trinajstić information content (AvgIpc) is 2.52. The monoisotopic (exact) mass is 293 g/mol. The summed E-state index contributed by atoms with van der Waals surface area (Å²) in [5.74, 6) is -0.0180. The zero-order chi connectivity index (χ0) is 15.7. The number of carbonyl (C=O) groups excluding carboxylic acids is 1. The van der Waals surface area contributed by atoms with Gasteiger partial charge in [-0.15, -0.1) is 0 Å². The maximum absolute atomic E-state index is 12.3. The molecule has 21 heavy (non-hydrogen) atoms. The minimum Gasteiger partial charge on any atom is -0.396 e. The highest BCUT2D eigenvalue weighted by molar-refractivity contribution is 5.93. The van der Waals surface area contributed by atoms with Crippen LogP contribution in [0.15, 0.2) is 18.3 Å². The van der Waals surface area contributed by atoms with Crippen LogP contribution in [0.5, 0.6) is 0 Å². The lowest BCUT2D eigenvalue weighted by Crippen LogP contribution is -2.31. The first-order valence-corrected chi connectivity index (χ1v) is 7.71. The van der Waals surface area contributed by atoms with Crippen LogP contribution < -0.4 is 4.90 Å². The summed E-state index contributed by atoms with van der Waals surface area (Å²) in [6.45, 7) is 6.48. The van der Waals surface area contributed by atoms with E-state index in [1.165, 1.54) is 0 Å². The molecule has 5 nitrogen and oxygen atoms in total. The van der Waals surface area contributed by atoms with Gasteiger partial charge in [0, 0.05) is 45.2 Å². The van der Waals surface area contributed by atoms with Gasteiger partial charge in [0.25, 0.3) is 5.91 Å². The maximum atomic E-state index is 12.3. The number of carbonyl (C=O) groups is 1. The van der Waals surface area contributed by atoms with Gasteiger partial charge in [0.1, 0.15) is 5.69 Å². The molecule has 0 aliphatic heterocycles. The van der Waals surface area contributed by atoms with Crippen LogP contribution in [0.2, 0.25) is 0 Å². The van der Waals surface area contributed by atoms with E-state index < -0.39 is 0 Å². The van der Waals surface area contributed by atoms with E-state index in [0.29, 0.717) is 18.8 Å². The van der Waals surface area contributed by atoms with E-state index in [2.05, 4.69) is 9.88 Å². The molecule has 0 atom stereocenters. The van der Waals surface area contributed by atoms with Crippen LogP contribution >= 0.6 is 0 Å². The highest BCUT2D eigenvalue weighted by Crippen LogP contribution is 2.15. The molecular weight excluding hydrogens is 266 g/mol. The Hall–Kier alpha value is -1.62. The van der Waals surface area contributed by atoms with Crippen LogP contribution in [-0.4, -0.2) is 54.2 Å². The number of unbranched alkanes of at least 4 members (excludes halogenated alkanes) is 2. The number of aromatic nitrogens is 1. The smallest absolute Gasteiger partial charge is 0.272 e. The highest BCUT2D eigenvalue weighted by atomic mass is 16.2. The molecule has 0 unspecified atom stereocenters. The second kappa shape index (κ2) is 9.34. The molecule has 1 aromatic heterocycles. The molecule has 1 N–H and O–H groups in total. The Bertz CT molecular complexity index is 433. The molecule has 0 fully saturated rings. The first-order valence-electron chi connectivity index (χ1n) is 7.71. The van der Waals surface area contributed by atoms with Gasteiger partial charge in [0.15, 0.2) is 0 Å². The lowest BCUT2D eigenvalue weighted by molar-refractivity contribution is 0.0767. The summed E-state index contributed by atoms with van der Waals surface area (Å²) in [6, 6.07) is 3.78. The summed E-state index contributed by atoms with van der Waals surface area (Å²) in [5, 5.41) is 8.78. The molecule has 0 aromatic carbocycles. The molecule has 1 amide bonds. The Kier molecular flexibility index (Phi) is 7.75. The molecule has 0 saturated heterocycles. The number of aliphatic hydroxyl groups is 1. The molecule has 0 radical (unpaired) electrons. The van der Waals surface area contributed by atoms with Gasteiger partial charge in [-0.3, -0.25) is 9.78 Å². The topological polar surface area (TPSA) is 56.7 Å². The van der Waals surface area contributed by atoms with Crippen molar-refractivity contribution in [3.8, 4) is 0 Å². The Morgan fingerprint density at radius 1 is 1.24 bits per heavy atom. The van der Waals surface area contributed by atoms with Gasteiger partial charge in [0.2, 0.25) is 0 Å². The van der Waals surface area contributed by atoms with Crippen molar-refractivity contribution in [3.63, 3.8) is 0 Å². The van der Waals surface area contributed by atoms with Crippen molar-refractivity contribution in [2.75, 3.05) is 38.2 Å². The zero-order valence-electron chi connectivity index (χ0n) is 13.4. The van der Waals surface area contributed by atoms with Crippen molar-refractivity contribution >= 4 is 11.6 Å². The fourth-order valence-corrected chi connectivity index (χ4v) is 2.21. The van der Waals surface area contributed by atoms with Crippen LogP contribution in [0.4, 0.5) is 5.69 Å². The second-order valence-electron chi connectivity index (χ2n) is 5.08. The molecule has 0 spiro atoms. The Labute approximate surface area is 127 Å². The highest BCUT2D eigenvalue weighted by Gasteiger charge is 2.14. The lowest BCUT2D eigenvalue weighted by Gasteiger charge is -2.21. The van der Waals surface area contributed by atoms with Crippen molar-refractivity contribution in [2.24, 2.45) is 0 Å². The lowest BCUT2D eigenvalue weighted by atomic mass is 10.2. The minimum atomic E-state index is -0.0180. The summed E-state index contributed by atoms with van der Waals surface area (Å²) < 4.78 is 0. The van der Waals surface area contributed by atoms with Crippen molar-refractivity contribution in [3.05, 3.63) is 24.0 Å². The number of nitrogens with zero attached hydrogens (tertiary/aromatic N) is 3. The van der Waals surface area contributed by atoms with Crippen molar-refractivity contribution < 1.29 is 9.90 Å². The molecule has 118 valence electrons. The summed E-state index contributed by atoms with van der Waals surface area (Å²) in [4.78, 5) is 20.4. The number of hydrogen-bond donors (Lipinski definition) is 1. The molecule has 0 aliphatic carbocycles. The predicted octanol–water partition coefficient (Wildman–Crippen LogP) is 2.16. The Morgan fingerprint density at radius 3 is 2.57 bits per heavy atom. The van der Waals surface area contributed by atoms with Gasteiger partial charge in [-0.1, -0.05) is 0 Å². The van der Waals surface area contributed by atoms with E-state index in [1.54, 1.807) is 11.1 Å². The third-order valence-corrected chi connectivity index (χ3v) is 3.61. The standard InChI is InChI=1S/C16H27N3O2/c1-4-19(5-2)16(21)15-13-14(9-10-17-15)18(3)11-7-6-8-12-20/h9-10,13,20H,4-8,11-12H2,1-3H3. The number of rotatable bonds is 9. The van der Waals surface area contributed by atoms with Crippen LogP contribution in [-0.2, 0) is 0 Å². The number of amides is 1. The van der Waals surface area contributed by atoms with Gasteiger partial charge in [0.05, 0.1) is 0 Å². The summed E-state index contributed by atoms with van der Waals surface area (Å²) >= 11 is 0. The SMILES string of the molecule is CCN(CC)C(=O)c1cc(N(C)CCCCCO)ccn1. The molecular formula is C16H27N3O2. The largest absolute Gasteiger partial charge is 0.396 e. The quantitative estimate of drug-likeness (QED) is 0.709. The number of anilines is 1. The van der Waals surface area contributed by atoms with E-state index in [4.69, 9.17) is 5.11 Å². The van der Waals surface area contributed by atoms with Crippen LogP contribution in [0.25, 0.3) is 0 Å². The summed E-state index contributed by atoms with van der Waals surface area (Å²) in [7, 11) is 2.01. The van der Waals surface area contributed by atoms with Gasteiger partial charge in [-0.2, -0.15) is 0 Å². The molecule has 1 heterocycles. The normalized spacial score (nSPS) is 10.5. The third-order valence-electron chi connectivity index (χ3n) is 3.61. The number of hydrogen-bond acceptors (Lipinski definition) is 4. The van der Waals surface area contributed by atoms with Gasteiger partial charge in [-0.25, -0.2) is 0 Å². The molecule has 5 heteroatoms. The maximum Gasteiger partial charge on any atom is 0.272 e. The van der Waals surface area contributed by atoms with E-state index in [0.717, 1.165) is 31.5 Å². The number of aliphatic hydroxyl groups excluding tert-OH is 1. The van der Waals surface area contributed by atoms with Crippen molar-refractivity contribution in [2.45, 2.75) is 33.1 Å². The van der Waals surface area contributed by atoms with Crippen LogP contribution in [0.1, 0.15) is 43.6 Å².